The highest BCUT2D eigenvalue weighted by Crippen LogP contribution is 2.41. The molecule has 1 aliphatic carbocycles. The topological polar surface area (TPSA) is 79.3 Å². The molecule has 0 saturated heterocycles. The molecule has 0 aromatic carbocycles. The molecule has 114 valence electrons. The number of rotatable bonds is 4. The van der Waals surface area contributed by atoms with Gasteiger partial charge in [0.15, 0.2) is 5.15 Å². The fraction of sp³-hybridized carbons (Fsp3) is 0.500. The third-order valence-electron chi connectivity index (χ3n) is 3.92. The van der Waals surface area contributed by atoms with E-state index in [9.17, 15) is 14.7 Å². The molecule has 2 rings (SSSR count). The fourth-order valence-electron chi connectivity index (χ4n) is 2.75. The largest absolute Gasteiger partial charge is 0.481 e. The van der Waals surface area contributed by atoms with Crippen LogP contribution in [0.3, 0.4) is 0 Å². The van der Waals surface area contributed by atoms with Crippen molar-refractivity contribution < 1.29 is 14.7 Å². The number of pyridine rings is 1. The molecule has 0 spiro atoms. The molecule has 1 amide bonds. The molecule has 1 fully saturated rings. The molecule has 1 aromatic rings. The Labute approximate surface area is 132 Å². The first-order valence-corrected chi connectivity index (χ1v) is 7.45. The van der Waals surface area contributed by atoms with Crippen molar-refractivity contribution in [1.82, 2.24) is 4.98 Å². The lowest BCUT2D eigenvalue weighted by molar-refractivity contribution is -0.150. The van der Waals surface area contributed by atoms with Gasteiger partial charge in [-0.15, -0.1) is 0 Å². The number of amides is 1. The van der Waals surface area contributed by atoms with Gasteiger partial charge in [0.2, 0.25) is 5.91 Å². The molecule has 5 nitrogen and oxygen atoms in total. The molecular formula is C14H16Cl2N2O3. The summed E-state index contributed by atoms with van der Waals surface area (Å²) in [5.74, 6) is -1.28. The predicted octanol–water partition coefficient (Wildman–Crippen LogP) is 3.67. The number of carbonyl (C=O) groups excluding carboxylic acids is 1. The van der Waals surface area contributed by atoms with E-state index in [-0.39, 0.29) is 22.6 Å². The van der Waals surface area contributed by atoms with Crippen LogP contribution in [-0.2, 0) is 9.59 Å². The second-order valence-corrected chi connectivity index (χ2v) is 6.19. The summed E-state index contributed by atoms with van der Waals surface area (Å²) in [5, 5.41) is 12.4. The highest BCUT2D eigenvalue weighted by molar-refractivity contribution is 6.34. The van der Waals surface area contributed by atoms with Crippen molar-refractivity contribution in [1.29, 1.82) is 0 Å². The van der Waals surface area contributed by atoms with Gasteiger partial charge >= 0.3 is 5.97 Å². The standard InChI is InChI=1S/C14H16Cl2N2O3/c1-8-6-9(15)17-12(16)11(8)18-10(19)7-14(13(20)21)4-2-3-5-14/h6H,2-5,7H2,1H3,(H,18,19)(H,20,21). The first-order valence-electron chi connectivity index (χ1n) is 6.70. The summed E-state index contributed by atoms with van der Waals surface area (Å²) in [6, 6.07) is 1.59. The Kier molecular flexibility index (Phi) is 4.74. The van der Waals surface area contributed by atoms with Gasteiger partial charge in [-0.05, 0) is 31.4 Å². The van der Waals surface area contributed by atoms with Crippen molar-refractivity contribution in [2.45, 2.75) is 39.0 Å². The molecule has 21 heavy (non-hydrogen) atoms. The van der Waals surface area contributed by atoms with Crippen molar-refractivity contribution in [3.63, 3.8) is 0 Å². The maximum absolute atomic E-state index is 12.2. The lowest BCUT2D eigenvalue weighted by Gasteiger charge is -2.23. The van der Waals surface area contributed by atoms with Crippen molar-refractivity contribution in [3.05, 3.63) is 21.9 Å². The zero-order valence-electron chi connectivity index (χ0n) is 11.6. The van der Waals surface area contributed by atoms with Crippen LogP contribution in [0.2, 0.25) is 10.3 Å². The highest BCUT2D eigenvalue weighted by atomic mass is 35.5. The van der Waals surface area contributed by atoms with Crippen LogP contribution in [0, 0.1) is 12.3 Å². The maximum Gasteiger partial charge on any atom is 0.310 e. The summed E-state index contributed by atoms with van der Waals surface area (Å²) in [5.41, 5.74) is 0.110. The first-order chi connectivity index (χ1) is 9.84. The molecule has 0 bridgehead atoms. The Balaban J connectivity index is 2.14. The molecular weight excluding hydrogens is 315 g/mol. The number of aryl methyl sites for hydroxylation is 1. The number of hydrogen-bond donors (Lipinski definition) is 2. The number of carbonyl (C=O) groups is 2. The Morgan fingerprint density at radius 2 is 2.00 bits per heavy atom. The normalized spacial score (nSPS) is 16.7. The SMILES string of the molecule is Cc1cc(Cl)nc(Cl)c1NC(=O)CC1(C(=O)O)CCCC1. The number of nitrogens with one attached hydrogen (secondary N) is 1. The number of halogens is 2. The minimum Gasteiger partial charge on any atom is -0.481 e. The van der Waals surface area contributed by atoms with Crippen molar-refractivity contribution in [2.24, 2.45) is 5.41 Å². The van der Waals surface area contributed by atoms with E-state index < -0.39 is 11.4 Å². The number of nitrogens with zero attached hydrogens (tertiary/aromatic N) is 1. The van der Waals surface area contributed by atoms with Gasteiger partial charge in [0.1, 0.15) is 5.15 Å². The molecule has 0 aliphatic heterocycles. The Morgan fingerprint density at radius 3 is 2.52 bits per heavy atom. The van der Waals surface area contributed by atoms with Crippen LogP contribution in [-0.4, -0.2) is 22.0 Å². The minimum atomic E-state index is -0.954. The highest BCUT2D eigenvalue weighted by Gasteiger charge is 2.43. The number of anilines is 1. The second-order valence-electron chi connectivity index (χ2n) is 5.45. The number of carboxylic acids is 1. The van der Waals surface area contributed by atoms with Crippen LogP contribution in [0.25, 0.3) is 0 Å². The van der Waals surface area contributed by atoms with E-state index in [1.807, 2.05) is 0 Å². The van der Waals surface area contributed by atoms with E-state index in [1.54, 1.807) is 13.0 Å². The zero-order valence-corrected chi connectivity index (χ0v) is 13.1. The summed E-state index contributed by atoms with van der Waals surface area (Å²) < 4.78 is 0. The summed E-state index contributed by atoms with van der Waals surface area (Å²) in [4.78, 5) is 27.5. The van der Waals surface area contributed by atoms with Crippen LogP contribution < -0.4 is 5.32 Å². The van der Waals surface area contributed by atoms with Gasteiger partial charge in [-0.1, -0.05) is 36.0 Å². The smallest absolute Gasteiger partial charge is 0.310 e. The lowest BCUT2D eigenvalue weighted by atomic mass is 9.82. The maximum atomic E-state index is 12.2. The molecule has 0 atom stereocenters. The van der Waals surface area contributed by atoms with Crippen molar-refractivity contribution in [3.8, 4) is 0 Å². The molecule has 7 heteroatoms. The summed E-state index contributed by atoms with van der Waals surface area (Å²) >= 11 is 11.7. The number of carboxylic acid groups (broad SMARTS) is 1. The molecule has 1 aromatic heterocycles. The van der Waals surface area contributed by atoms with Gasteiger partial charge in [-0.2, -0.15) is 0 Å². The third kappa shape index (κ3) is 3.47. The van der Waals surface area contributed by atoms with Crippen LogP contribution in [0.1, 0.15) is 37.7 Å². The first kappa shape index (κ1) is 16.0. The van der Waals surface area contributed by atoms with E-state index in [4.69, 9.17) is 23.2 Å². The van der Waals surface area contributed by atoms with E-state index in [0.717, 1.165) is 12.8 Å². The number of aliphatic carboxylic acids is 1. The molecule has 1 aliphatic rings. The Morgan fingerprint density at radius 1 is 1.38 bits per heavy atom. The van der Waals surface area contributed by atoms with Gasteiger partial charge in [0.25, 0.3) is 0 Å². The van der Waals surface area contributed by atoms with Crippen LogP contribution in [0.5, 0.6) is 0 Å². The molecule has 0 unspecified atom stereocenters. The number of aromatic nitrogens is 1. The van der Waals surface area contributed by atoms with Gasteiger partial charge in [-0.25, -0.2) is 4.98 Å². The molecule has 2 N–H and O–H groups in total. The van der Waals surface area contributed by atoms with Crippen molar-refractivity contribution >= 4 is 40.8 Å². The third-order valence-corrected chi connectivity index (χ3v) is 4.39. The fourth-order valence-corrected chi connectivity index (χ4v) is 3.33. The lowest BCUT2D eigenvalue weighted by Crippen LogP contribution is -2.33. The van der Waals surface area contributed by atoms with E-state index >= 15 is 0 Å². The molecule has 0 radical (unpaired) electrons. The second kappa shape index (κ2) is 6.20. The molecule has 1 heterocycles. The van der Waals surface area contributed by atoms with Crippen LogP contribution >= 0.6 is 23.2 Å². The average Bonchev–Trinajstić information content (AvgIpc) is 2.83. The Hall–Kier alpha value is -1.33. The predicted molar refractivity (Wildman–Crippen MR) is 80.8 cm³/mol. The molecule has 1 saturated carbocycles. The van der Waals surface area contributed by atoms with Gasteiger partial charge < -0.3 is 10.4 Å². The quantitative estimate of drug-likeness (QED) is 0.825. The van der Waals surface area contributed by atoms with Gasteiger partial charge in [0, 0.05) is 6.42 Å². The van der Waals surface area contributed by atoms with E-state index in [0.29, 0.717) is 24.1 Å². The van der Waals surface area contributed by atoms with Crippen molar-refractivity contribution in [2.75, 3.05) is 5.32 Å². The monoisotopic (exact) mass is 330 g/mol. The summed E-state index contributed by atoms with van der Waals surface area (Å²) in [6.45, 7) is 1.75. The van der Waals surface area contributed by atoms with E-state index in [1.165, 1.54) is 0 Å². The summed E-state index contributed by atoms with van der Waals surface area (Å²) in [6.07, 6.45) is 2.67. The Bertz CT molecular complexity index is 561. The average molecular weight is 331 g/mol. The number of hydrogen-bond acceptors (Lipinski definition) is 3. The van der Waals surface area contributed by atoms with Crippen LogP contribution in [0.4, 0.5) is 5.69 Å². The zero-order chi connectivity index (χ0) is 15.6. The van der Waals surface area contributed by atoms with E-state index in [2.05, 4.69) is 10.3 Å². The van der Waals surface area contributed by atoms with Gasteiger partial charge in [0.05, 0.1) is 11.1 Å². The van der Waals surface area contributed by atoms with Gasteiger partial charge in [-0.3, -0.25) is 9.59 Å². The van der Waals surface area contributed by atoms with Crippen LogP contribution in [0.15, 0.2) is 6.07 Å². The summed E-state index contributed by atoms with van der Waals surface area (Å²) in [7, 11) is 0. The minimum absolute atomic E-state index is 0.0548.